The first-order valence-corrected chi connectivity index (χ1v) is 8.72. The lowest BCUT2D eigenvalue weighted by molar-refractivity contribution is -0.193. The third-order valence-electron chi connectivity index (χ3n) is 4.02. The zero-order valence-electron chi connectivity index (χ0n) is 15.9. The van der Waals surface area contributed by atoms with E-state index < -0.39 is 24.0 Å². The number of amides is 1. The average Bonchev–Trinajstić information content (AvgIpc) is 3.09. The highest BCUT2D eigenvalue weighted by molar-refractivity contribution is 6.00. The Hall–Kier alpha value is -4.15. The van der Waals surface area contributed by atoms with Crippen molar-refractivity contribution in [2.45, 2.75) is 13.1 Å². The van der Waals surface area contributed by atoms with Crippen molar-refractivity contribution in [3.63, 3.8) is 0 Å². The number of nitrogen functional groups attached to an aromatic ring is 1. The van der Waals surface area contributed by atoms with Gasteiger partial charge in [0.05, 0.1) is 22.6 Å². The Morgan fingerprint density at radius 2 is 1.77 bits per heavy atom. The lowest BCUT2D eigenvalue weighted by Crippen LogP contribution is -2.28. The molecule has 3 N–H and O–H groups in total. The molecule has 1 amide bonds. The highest BCUT2D eigenvalue weighted by atomic mass is 19.4. The van der Waals surface area contributed by atoms with E-state index in [9.17, 15) is 27.6 Å². The summed E-state index contributed by atoms with van der Waals surface area (Å²) in [6.07, 6.45) is -3.80. The van der Waals surface area contributed by atoms with Crippen molar-refractivity contribution < 1.29 is 32.3 Å². The van der Waals surface area contributed by atoms with Gasteiger partial charge in [-0.1, -0.05) is 30.3 Å². The molecular formula is C20H15F3N4O4. The third kappa shape index (κ3) is 4.89. The van der Waals surface area contributed by atoms with Crippen LogP contribution in [0.1, 0.15) is 17.3 Å². The molecule has 11 heteroatoms. The molecule has 0 aliphatic heterocycles. The molecule has 0 saturated heterocycles. The topological polar surface area (TPSA) is 116 Å². The number of imidazole rings is 1. The van der Waals surface area contributed by atoms with Gasteiger partial charge in [-0.25, -0.2) is 14.6 Å². The molecule has 160 valence electrons. The lowest BCUT2D eigenvalue weighted by Gasteiger charge is -2.13. The van der Waals surface area contributed by atoms with E-state index in [1.165, 1.54) is 23.8 Å². The first-order valence-electron chi connectivity index (χ1n) is 8.72. The molecule has 1 aromatic heterocycles. The molecule has 0 fully saturated rings. The number of halogens is 3. The summed E-state index contributed by atoms with van der Waals surface area (Å²) in [6, 6.07) is 12.5. The summed E-state index contributed by atoms with van der Waals surface area (Å²) in [6.45, 7) is 1.25. The fraction of sp³-hybridized carbons (Fsp3) is 0.100. The van der Waals surface area contributed by atoms with Crippen LogP contribution in [0.15, 0.2) is 54.7 Å². The summed E-state index contributed by atoms with van der Waals surface area (Å²) in [7, 11) is 0. The van der Waals surface area contributed by atoms with E-state index in [4.69, 9.17) is 5.73 Å². The fourth-order valence-corrected chi connectivity index (χ4v) is 2.69. The summed E-state index contributed by atoms with van der Waals surface area (Å²) < 4.78 is 42.4. The molecule has 0 atom stereocenters. The molecule has 0 spiro atoms. The van der Waals surface area contributed by atoms with Crippen molar-refractivity contribution in [3.05, 3.63) is 60.3 Å². The van der Waals surface area contributed by atoms with Gasteiger partial charge in [0.2, 0.25) is 11.9 Å². The first-order chi connectivity index (χ1) is 14.6. The number of nitrogens with zero attached hydrogens (tertiary/aromatic N) is 2. The number of anilines is 2. The fourth-order valence-electron chi connectivity index (χ4n) is 2.69. The Morgan fingerprint density at radius 1 is 1.10 bits per heavy atom. The predicted octanol–water partition coefficient (Wildman–Crippen LogP) is 3.33. The van der Waals surface area contributed by atoms with E-state index in [2.05, 4.69) is 15.0 Å². The minimum Gasteiger partial charge on any atom is -0.383 e. The number of esters is 2. The molecule has 0 aliphatic rings. The van der Waals surface area contributed by atoms with E-state index in [-0.39, 0.29) is 22.9 Å². The zero-order chi connectivity index (χ0) is 22.8. The first kappa shape index (κ1) is 21.6. The van der Waals surface area contributed by atoms with Crippen LogP contribution in [-0.2, 0) is 14.3 Å². The van der Waals surface area contributed by atoms with Gasteiger partial charge >= 0.3 is 18.1 Å². The maximum atomic E-state index is 12.4. The van der Waals surface area contributed by atoms with Gasteiger partial charge in [-0.3, -0.25) is 9.36 Å². The highest BCUT2D eigenvalue weighted by Crippen LogP contribution is 2.28. The minimum atomic E-state index is -5.33. The molecule has 8 nitrogen and oxygen atoms in total. The van der Waals surface area contributed by atoms with Gasteiger partial charge in [0, 0.05) is 18.7 Å². The van der Waals surface area contributed by atoms with Gasteiger partial charge in [-0.15, -0.1) is 0 Å². The second-order valence-corrected chi connectivity index (χ2v) is 6.31. The van der Waals surface area contributed by atoms with Crippen molar-refractivity contribution in [2.75, 3.05) is 11.1 Å². The van der Waals surface area contributed by atoms with E-state index in [1.54, 1.807) is 24.3 Å². The van der Waals surface area contributed by atoms with Crippen LogP contribution in [0.3, 0.4) is 0 Å². The van der Waals surface area contributed by atoms with Crippen LogP contribution in [0.4, 0.5) is 24.8 Å². The summed E-state index contributed by atoms with van der Waals surface area (Å²) in [5.41, 5.74) is 7.18. The number of carbonyl (C=O) groups excluding carboxylic acids is 3. The second-order valence-electron chi connectivity index (χ2n) is 6.31. The Bertz CT molecular complexity index is 1160. The molecule has 1 heterocycles. The highest BCUT2D eigenvalue weighted by Gasteiger charge is 2.42. The van der Waals surface area contributed by atoms with Gasteiger partial charge in [0.1, 0.15) is 0 Å². The summed E-state index contributed by atoms with van der Waals surface area (Å²) >= 11 is 0. The third-order valence-corrected chi connectivity index (χ3v) is 4.02. The summed E-state index contributed by atoms with van der Waals surface area (Å²) in [5, 5.41) is 2.54. The Labute approximate surface area is 173 Å². The molecular weight excluding hydrogens is 417 g/mol. The Balaban J connectivity index is 2.05. The largest absolute Gasteiger partial charge is 0.491 e. The van der Waals surface area contributed by atoms with Gasteiger partial charge in [0.25, 0.3) is 0 Å². The van der Waals surface area contributed by atoms with Crippen LogP contribution in [0, 0.1) is 0 Å². The van der Waals surface area contributed by atoms with Gasteiger partial charge in [-0.2, -0.15) is 13.2 Å². The molecule has 3 rings (SSSR count). The van der Waals surface area contributed by atoms with Crippen LogP contribution in [-0.4, -0.2) is 33.6 Å². The molecule has 0 aliphatic carbocycles. The van der Waals surface area contributed by atoms with Gasteiger partial charge in [-0.05, 0) is 18.2 Å². The van der Waals surface area contributed by atoms with Crippen LogP contribution in [0.2, 0.25) is 0 Å². The predicted molar refractivity (Wildman–Crippen MR) is 104 cm³/mol. The molecule has 3 aromatic rings. The number of ether oxygens (including phenoxy) is 1. The van der Waals surface area contributed by atoms with Crippen LogP contribution in [0.5, 0.6) is 0 Å². The molecule has 0 bridgehead atoms. The maximum Gasteiger partial charge on any atom is 0.491 e. The number of nitrogens with one attached hydrogen (secondary N) is 1. The number of hydrogen-bond donors (Lipinski definition) is 2. The van der Waals surface area contributed by atoms with Crippen LogP contribution >= 0.6 is 0 Å². The Kier molecular flexibility index (Phi) is 5.77. The quantitative estimate of drug-likeness (QED) is 0.483. The number of aromatic nitrogens is 2. The number of carbonyl (C=O) groups is 3. The summed E-state index contributed by atoms with van der Waals surface area (Å²) in [4.78, 5) is 38.8. The van der Waals surface area contributed by atoms with E-state index in [1.807, 2.05) is 6.07 Å². The van der Waals surface area contributed by atoms with Crippen molar-refractivity contribution in [2.24, 2.45) is 0 Å². The number of hydrogen-bond acceptors (Lipinski definition) is 6. The smallest absolute Gasteiger partial charge is 0.383 e. The van der Waals surface area contributed by atoms with Crippen LogP contribution in [0.25, 0.3) is 16.9 Å². The molecule has 0 radical (unpaired) electrons. The minimum absolute atomic E-state index is 0.0117. The average molecular weight is 432 g/mol. The lowest BCUT2D eigenvalue weighted by atomic mass is 10.1. The molecule has 2 aromatic carbocycles. The normalized spacial score (nSPS) is 11.1. The van der Waals surface area contributed by atoms with Crippen molar-refractivity contribution in [3.8, 4) is 16.9 Å². The number of alkyl halides is 3. The zero-order valence-corrected chi connectivity index (χ0v) is 15.9. The van der Waals surface area contributed by atoms with E-state index in [0.717, 1.165) is 17.7 Å². The van der Waals surface area contributed by atoms with Crippen molar-refractivity contribution in [1.82, 2.24) is 9.55 Å². The standard InChI is InChI=1S/C20H15F3N4O4/c1-11(28)25-14-8-7-13(17(29)31-18(30)20(21,22)23)9-16(14)27-10-15(26-19(27)24)12-5-3-2-4-6-12/h2-10H,1H3,(H2,24,26)(H,25,28). The van der Waals surface area contributed by atoms with Crippen LogP contribution < -0.4 is 11.1 Å². The summed E-state index contributed by atoms with van der Waals surface area (Å²) in [5.74, 6) is -4.61. The van der Waals surface area contributed by atoms with Gasteiger partial charge in [0.15, 0.2) is 0 Å². The van der Waals surface area contributed by atoms with E-state index in [0.29, 0.717) is 5.69 Å². The number of rotatable bonds is 4. The SMILES string of the molecule is CC(=O)Nc1ccc(C(=O)OC(=O)C(F)(F)F)cc1-n1cc(-c2ccccc2)nc1N. The number of nitrogens with two attached hydrogens (primary N) is 1. The van der Waals surface area contributed by atoms with Gasteiger partial charge < -0.3 is 15.8 Å². The van der Waals surface area contributed by atoms with E-state index >= 15 is 0 Å². The molecule has 0 saturated carbocycles. The maximum absolute atomic E-state index is 12.4. The van der Waals surface area contributed by atoms with Crippen molar-refractivity contribution >= 4 is 29.5 Å². The number of benzene rings is 2. The monoisotopic (exact) mass is 432 g/mol. The second kappa shape index (κ2) is 8.30. The van der Waals surface area contributed by atoms with Crippen molar-refractivity contribution in [1.29, 1.82) is 0 Å². The molecule has 31 heavy (non-hydrogen) atoms. The Morgan fingerprint density at radius 3 is 2.39 bits per heavy atom. The molecule has 0 unspecified atom stereocenters.